The minimum Gasteiger partial charge on any atom is -0.466 e. The van der Waals surface area contributed by atoms with Crippen LogP contribution in [0.3, 0.4) is 0 Å². The highest BCUT2D eigenvalue weighted by molar-refractivity contribution is 5.76. The normalized spacial score (nSPS) is 12.7. The summed E-state index contributed by atoms with van der Waals surface area (Å²) in [5.41, 5.74) is 0. The van der Waals surface area contributed by atoms with Crippen LogP contribution in [0.25, 0.3) is 0 Å². The zero-order valence-electron chi connectivity index (χ0n) is 36.9. The average molecular weight is 778 g/mol. The van der Waals surface area contributed by atoms with Crippen molar-refractivity contribution in [2.24, 2.45) is 0 Å². The number of esters is 1. The molecule has 0 aromatic carbocycles. The second-order valence-corrected chi connectivity index (χ2v) is 16.8. The van der Waals surface area contributed by atoms with Gasteiger partial charge in [0.05, 0.1) is 25.4 Å². The maximum Gasteiger partial charge on any atom is 0.305 e. The van der Waals surface area contributed by atoms with Gasteiger partial charge in [-0.25, -0.2) is 0 Å². The van der Waals surface area contributed by atoms with Gasteiger partial charge in [-0.2, -0.15) is 0 Å². The number of amides is 1. The molecule has 1 amide bonds. The lowest BCUT2D eigenvalue weighted by Crippen LogP contribution is -2.45. The molecule has 0 saturated carbocycles. The van der Waals surface area contributed by atoms with Crippen molar-refractivity contribution >= 4 is 11.9 Å². The summed E-state index contributed by atoms with van der Waals surface area (Å²) >= 11 is 0. The third-order valence-corrected chi connectivity index (χ3v) is 11.3. The Balaban J connectivity index is 3.48. The molecule has 2 atom stereocenters. The van der Waals surface area contributed by atoms with Crippen LogP contribution in [-0.2, 0) is 14.3 Å². The largest absolute Gasteiger partial charge is 0.466 e. The smallest absolute Gasteiger partial charge is 0.305 e. The maximum absolute atomic E-state index is 12.4. The molecule has 3 N–H and O–H groups in total. The van der Waals surface area contributed by atoms with Gasteiger partial charge in [-0.15, -0.1) is 0 Å². The summed E-state index contributed by atoms with van der Waals surface area (Å²) in [6, 6.07) is -0.557. The minimum absolute atomic E-state index is 0.0201. The summed E-state index contributed by atoms with van der Waals surface area (Å²) in [6.45, 7) is 4.88. The topological polar surface area (TPSA) is 95.9 Å². The van der Waals surface area contributed by atoms with E-state index < -0.39 is 12.1 Å². The third-order valence-electron chi connectivity index (χ3n) is 11.3. The van der Waals surface area contributed by atoms with Crippen LogP contribution in [0.5, 0.6) is 0 Å². The Hall–Kier alpha value is -1.40. The van der Waals surface area contributed by atoms with Crippen LogP contribution in [0, 0.1) is 0 Å². The number of hydrogen-bond donors (Lipinski definition) is 3. The fourth-order valence-corrected chi connectivity index (χ4v) is 7.51. The molecule has 6 heteroatoms. The number of carbonyl (C=O) groups is 2. The van der Waals surface area contributed by atoms with E-state index in [1.54, 1.807) is 0 Å². The third kappa shape index (κ3) is 42.0. The van der Waals surface area contributed by atoms with E-state index in [1.807, 2.05) is 0 Å². The average Bonchev–Trinajstić information content (AvgIpc) is 3.18. The molecule has 0 aliphatic carbocycles. The summed E-state index contributed by atoms with van der Waals surface area (Å²) in [5.74, 6) is -0.0817. The van der Waals surface area contributed by atoms with Crippen LogP contribution >= 0.6 is 0 Å². The zero-order chi connectivity index (χ0) is 40.1. The number of hydrogen-bond acceptors (Lipinski definition) is 5. The van der Waals surface area contributed by atoms with Crippen molar-refractivity contribution in [3.63, 3.8) is 0 Å². The van der Waals surface area contributed by atoms with Crippen LogP contribution in [0.15, 0.2) is 12.2 Å². The fourth-order valence-electron chi connectivity index (χ4n) is 7.51. The first-order valence-electron chi connectivity index (χ1n) is 24.4. The van der Waals surface area contributed by atoms with Gasteiger partial charge in [0.1, 0.15) is 0 Å². The lowest BCUT2D eigenvalue weighted by atomic mass is 10.0. The molecule has 0 aromatic rings. The van der Waals surface area contributed by atoms with Gasteiger partial charge in [-0.1, -0.05) is 206 Å². The number of rotatable bonds is 45. The molecule has 0 radical (unpaired) electrons. The van der Waals surface area contributed by atoms with Gasteiger partial charge >= 0.3 is 5.97 Å². The Kier molecular flexibility index (Phi) is 44.2. The number of ether oxygens (including phenoxy) is 1. The molecule has 0 aromatic heterocycles. The molecule has 0 saturated heterocycles. The summed E-state index contributed by atoms with van der Waals surface area (Å²) < 4.78 is 5.44. The molecule has 6 nitrogen and oxygen atoms in total. The quantitative estimate of drug-likeness (QED) is 0.0325. The molecule has 0 fully saturated rings. The monoisotopic (exact) mass is 778 g/mol. The van der Waals surface area contributed by atoms with Gasteiger partial charge in [-0.05, 0) is 57.8 Å². The fraction of sp³-hybridized carbons (Fsp3) is 0.918. The predicted octanol–water partition coefficient (Wildman–Crippen LogP) is 14.2. The molecule has 0 bridgehead atoms. The zero-order valence-corrected chi connectivity index (χ0v) is 36.9. The van der Waals surface area contributed by atoms with E-state index in [2.05, 4.69) is 31.3 Å². The first-order chi connectivity index (χ1) is 27.0. The molecule has 2 unspecified atom stereocenters. The van der Waals surface area contributed by atoms with Crippen LogP contribution in [0.4, 0.5) is 0 Å². The van der Waals surface area contributed by atoms with Gasteiger partial charge in [0, 0.05) is 12.8 Å². The molecular formula is C49H95NO5. The van der Waals surface area contributed by atoms with E-state index >= 15 is 0 Å². The number of nitrogens with one attached hydrogen (secondary N) is 1. The lowest BCUT2D eigenvalue weighted by molar-refractivity contribution is -0.143. The van der Waals surface area contributed by atoms with E-state index in [4.69, 9.17) is 4.74 Å². The number of unbranched alkanes of at least 4 members (excludes halogenated alkanes) is 32. The van der Waals surface area contributed by atoms with E-state index in [9.17, 15) is 19.8 Å². The van der Waals surface area contributed by atoms with Crippen LogP contribution < -0.4 is 5.32 Å². The van der Waals surface area contributed by atoms with Crippen LogP contribution in [0.1, 0.15) is 264 Å². The maximum atomic E-state index is 12.4. The van der Waals surface area contributed by atoms with E-state index in [0.29, 0.717) is 25.9 Å². The van der Waals surface area contributed by atoms with E-state index in [1.165, 1.54) is 154 Å². The number of aliphatic hydroxyl groups excluding tert-OH is 2. The standard InChI is InChI=1S/C49H95NO5/c1-3-5-7-9-11-13-15-16-17-18-23-27-31-35-39-43-49(54)55-44-40-36-32-28-24-20-19-22-26-30-34-38-42-48(53)50-46(45-51)47(52)41-37-33-29-25-21-14-12-10-8-6-4-2/h20,24,46-47,51-52H,3-19,21-23,25-45H2,1-2H3,(H,50,53)/b24-20-. The Morgan fingerprint density at radius 2 is 0.855 bits per heavy atom. The molecule has 55 heavy (non-hydrogen) atoms. The Morgan fingerprint density at radius 3 is 1.29 bits per heavy atom. The summed E-state index contributed by atoms with van der Waals surface area (Å²) in [4.78, 5) is 24.4. The predicted molar refractivity (Wildman–Crippen MR) is 237 cm³/mol. The number of carbonyl (C=O) groups excluding carboxylic acids is 2. The van der Waals surface area contributed by atoms with Crippen molar-refractivity contribution in [1.82, 2.24) is 5.32 Å². The van der Waals surface area contributed by atoms with E-state index in [0.717, 1.165) is 77.0 Å². The number of allylic oxidation sites excluding steroid dienone is 2. The summed E-state index contributed by atoms with van der Waals surface area (Å²) in [7, 11) is 0. The van der Waals surface area contributed by atoms with Crippen LogP contribution in [0.2, 0.25) is 0 Å². The van der Waals surface area contributed by atoms with Crippen molar-refractivity contribution in [1.29, 1.82) is 0 Å². The van der Waals surface area contributed by atoms with Gasteiger partial charge in [0.25, 0.3) is 0 Å². The Labute approximate surface area is 342 Å². The molecule has 0 rings (SSSR count). The van der Waals surface area contributed by atoms with Crippen molar-refractivity contribution in [2.45, 2.75) is 276 Å². The highest BCUT2D eigenvalue weighted by Gasteiger charge is 2.20. The van der Waals surface area contributed by atoms with E-state index in [-0.39, 0.29) is 18.5 Å². The van der Waals surface area contributed by atoms with Gasteiger partial charge in [0.15, 0.2) is 0 Å². The molecule has 0 aliphatic heterocycles. The van der Waals surface area contributed by atoms with Crippen molar-refractivity contribution in [3.05, 3.63) is 12.2 Å². The SMILES string of the molecule is CCCCCCCCCCCCCCCCCC(=O)OCCCCC/C=C\CCCCCCCC(=O)NC(CO)C(O)CCCCCCCCCCCCC. The molecule has 0 spiro atoms. The van der Waals surface area contributed by atoms with Crippen LogP contribution in [-0.4, -0.2) is 47.4 Å². The minimum atomic E-state index is -0.677. The highest BCUT2D eigenvalue weighted by atomic mass is 16.5. The molecule has 0 heterocycles. The summed E-state index contributed by atoms with van der Waals surface area (Å²) in [5, 5.41) is 23.1. The lowest BCUT2D eigenvalue weighted by Gasteiger charge is -2.22. The van der Waals surface area contributed by atoms with Gasteiger partial charge < -0.3 is 20.3 Å². The summed E-state index contributed by atoms with van der Waals surface area (Å²) in [6.07, 6.45) is 50.3. The van der Waals surface area contributed by atoms with Gasteiger partial charge in [-0.3, -0.25) is 9.59 Å². The second-order valence-electron chi connectivity index (χ2n) is 16.8. The highest BCUT2D eigenvalue weighted by Crippen LogP contribution is 2.16. The number of aliphatic hydroxyl groups is 2. The molecular weight excluding hydrogens is 683 g/mol. The van der Waals surface area contributed by atoms with Crippen molar-refractivity contribution < 1.29 is 24.5 Å². The molecule has 0 aliphatic rings. The second kappa shape index (κ2) is 45.3. The molecule has 326 valence electrons. The van der Waals surface area contributed by atoms with Crippen molar-refractivity contribution in [3.8, 4) is 0 Å². The first-order valence-corrected chi connectivity index (χ1v) is 24.4. The Morgan fingerprint density at radius 1 is 0.491 bits per heavy atom. The van der Waals surface area contributed by atoms with Crippen molar-refractivity contribution in [2.75, 3.05) is 13.2 Å². The first kappa shape index (κ1) is 53.6. The Bertz CT molecular complexity index is 817. The van der Waals surface area contributed by atoms with Gasteiger partial charge in [0.2, 0.25) is 5.91 Å².